The van der Waals surface area contributed by atoms with Crippen molar-refractivity contribution in [3.63, 3.8) is 0 Å². The first-order valence-electron chi connectivity index (χ1n) is 6.45. The Kier molecular flexibility index (Phi) is 5.13. The van der Waals surface area contributed by atoms with E-state index in [1.165, 1.54) is 17.5 Å². The quantitative estimate of drug-likeness (QED) is 0.501. The second-order valence-electron chi connectivity index (χ2n) is 5.84. The molecule has 102 valence electrons. The van der Waals surface area contributed by atoms with Gasteiger partial charge in [-0.15, -0.1) is 20.3 Å². The van der Waals surface area contributed by atoms with Crippen LogP contribution in [0.3, 0.4) is 0 Å². The molecule has 1 aromatic rings. The fraction of sp³-hybridized carbons (Fsp3) is 0.562. The first-order chi connectivity index (χ1) is 8.25. The summed E-state index contributed by atoms with van der Waals surface area (Å²) < 4.78 is 0.147. The Bertz CT molecular complexity index is 413. The molecule has 0 aliphatic carbocycles. The molecule has 0 aliphatic rings. The van der Waals surface area contributed by atoms with E-state index >= 15 is 0 Å². The molecule has 1 unspecified atom stereocenters. The van der Waals surface area contributed by atoms with E-state index in [1.807, 2.05) is 10.8 Å². The minimum absolute atomic E-state index is 0.0988. The maximum Gasteiger partial charge on any atom is 0.0391 e. The molecule has 18 heavy (non-hydrogen) atoms. The van der Waals surface area contributed by atoms with E-state index in [1.54, 1.807) is 0 Å². The molecule has 0 N–H and O–H groups in total. The van der Waals surface area contributed by atoms with E-state index in [0.717, 1.165) is 0 Å². The summed E-state index contributed by atoms with van der Waals surface area (Å²) >= 11 is 0. The Morgan fingerprint density at radius 2 is 1.50 bits per heavy atom. The minimum atomic E-state index is 0.0988. The van der Waals surface area contributed by atoms with Crippen LogP contribution in [-0.4, -0.2) is 12.1 Å². The smallest absolute Gasteiger partial charge is 0.0391 e. The summed E-state index contributed by atoms with van der Waals surface area (Å²) in [5.74, 6) is 4.28. The maximum absolute atomic E-state index is 4.28. The van der Waals surface area contributed by atoms with Gasteiger partial charge in [-0.05, 0) is 43.1 Å². The van der Waals surface area contributed by atoms with Crippen molar-refractivity contribution in [2.45, 2.75) is 51.2 Å². The van der Waals surface area contributed by atoms with Crippen LogP contribution in [0.1, 0.15) is 52.2 Å². The predicted octanol–water partition coefficient (Wildman–Crippen LogP) is 5.59. The van der Waals surface area contributed by atoms with Crippen molar-refractivity contribution in [1.82, 2.24) is 0 Å². The summed E-state index contributed by atoms with van der Waals surface area (Å²) in [6, 6.07) is 9.15. The van der Waals surface area contributed by atoms with Crippen molar-refractivity contribution < 1.29 is 0 Å². The predicted molar refractivity (Wildman–Crippen MR) is 91.0 cm³/mol. The second kappa shape index (κ2) is 5.83. The average Bonchev–Trinajstić information content (AvgIpc) is 2.37. The molecule has 0 aromatic heterocycles. The molecule has 0 nitrogen and oxygen atoms in total. The van der Waals surface area contributed by atoms with Gasteiger partial charge >= 0.3 is 0 Å². The third kappa shape index (κ3) is 3.21. The lowest BCUT2D eigenvalue weighted by Gasteiger charge is -2.29. The molecular formula is C16H26S2. The number of rotatable bonds is 5. The molecule has 0 aliphatic heterocycles. The van der Waals surface area contributed by atoms with Crippen LogP contribution in [0.4, 0.5) is 0 Å². The lowest BCUT2D eigenvalue weighted by Crippen LogP contribution is -2.17. The minimum Gasteiger partial charge on any atom is -0.126 e. The lowest BCUT2D eigenvalue weighted by atomic mass is 9.81. The summed E-state index contributed by atoms with van der Waals surface area (Å²) in [5.41, 5.74) is 3.09. The van der Waals surface area contributed by atoms with Crippen LogP contribution < -0.4 is 0 Å². The highest BCUT2D eigenvalue weighted by molar-refractivity contribution is 8.83. The van der Waals surface area contributed by atoms with Gasteiger partial charge in [-0.3, -0.25) is 0 Å². The Hall–Kier alpha value is -0.210. The Labute approximate surface area is 119 Å². The summed E-state index contributed by atoms with van der Waals surface area (Å²) in [6.07, 6.45) is 3.31. The highest BCUT2D eigenvalue weighted by atomic mass is 33.1. The Morgan fingerprint density at radius 1 is 1.06 bits per heavy atom. The molecule has 1 rings (SSSR count). The fourth-order valence-electron chi connectivity index (χ4n) is 1.87. The van der Waals surface area contributed by atoms with Gasteiger partial charge in [0.15, 0.2) is 0 Å². The highest BCUT2D eigenvalue weighted by Crippen LogP contribution is 2.47. The van der Waals surface area contributed by atoms with Crippen LogP contribution in [0.5, 0.6) is 0 Å². The van der Waals surface area contributed by atoms with Crippen LogP contribution in [0.15, 0.2) is 24.3 Å². The van der Waals surface area contributed by atoms with Gasteiger partial charge in [0.1, 0.15) is 0 Å². The molecule has 0 amide bonds. The molecule has 0 fully saturated rings. The Morgan fingerprint density at radius 3 is 1.89 bits per heavy atom. The third-order valence-corrected chi connectivity index (χ3v) is 8.25. The van der Waals surface area contributed by atoms with Crippen LogP contribution in [0.25, 0.3) is 0 Å². The molecule has 0 saturated carbocycles. The van der Waals surface area contributed by atoms with Gasteiger partial charge in [-0.1, -0.05) is 50.9 Å². The van der Waals surface area contributed by atoms with Gasteiger partial charge in [-0.25, -0.2) is 0 Å². The zero-order valence-corrected chi connectivity index (χ0v) is 14.2. The lowest BCUT2D eigenvalue weighted by molar-refractivity contribution is 0.506. The van der Waals surface area contributed by atoms with Crippen molar-refractivity contribution in [2.75, 3.05) is 6.26 Å². The van der Waals surface area contributed by atoms with Crippen LogP contribution in [-0.2, 0) is 10.2 Å². The van der Waals surface area contributed by atoms with Crippen LogP contribution >= 0.6 is 20.3 Å². The van der Waals surface area contributed by atoms with Gasteiger partial charge in [0, 0.05) is 4.75 Å². The van der Waals surface area contributed by atoms with E-state index in [2.05, 4.69) is 71.0 Å². The van der Waals surface area contributed by atoms with E-state index in [-0.39, 0.29) is 19.7 Å². The standard InChI is InChI=1S/C16H26S2/c1-8-15(2,3)13-9-11-14(12-10-13)16(4,5)18(7)17-6/h9-12H,7-8H2,1-6H3. The molecule has 0 heterocycles. The number of hydrogen-bond donors (Lipinski definition) is 0. The van der Waals surface area contributed by atoms with Crippen molar-refractivity contribution >= 4 is 26.2 Å². The van der Waals surface area contributed by atoms with Crippen molar-refractivity contribution in [2.24, 2.45) is 0 Å². The van der Waals surface area contributed by atoms with Gasteiger partial charge in [0.2, 0.25) is 0 Å². The van der Waals surface area contributed by atoms with E-state index in [0.29, 0.717) is 0 Å². The van der Waals surface area contributed by atoms with E-state index in [4.69, 9.17) is 0 Å². The zero-order valence-electron chi connectivity index (χ0n) is 12.5. The molecule has 1 atom stereocenters. The van der Waals surface area contributed by atoms with Crippen LogP contribution in [0, 0.1) is 0 Å². The second-order valence-corrected chi connectivity index (χ2v) is 10.1. The van der Waals surface area contributed by atoms with Crippen LogP contribution in [0.2, 0.25) is 0 Å². The van der Waals surface area contributed by atoms with Gasteiger partial charge < -0.3 is 0 Å². The van der Waals surface area contributed by atoms with Gasteiger partial charge in [0.25, 0.3) is 0 Å². The molecule has 2 heteroatoms. The maximum atomic E-state index is 4.28. The van der Waals surface area contributed by atoms with Crippen molar-refractivity contribution in [3.8, 4) is 0 Å². The molecule has 0 spiro atoms. The fourth-order valence-corrected chi connectivity index (χ4v) is 4.22. The van der Waals surface area contributed by atoms with E-state index < -0.39 is 0 Å². The zero-order chi connectivity index (χ0) is 14.0. The number of hydrogen-bond acceptors (Lipinski definition) is 1. The molecule has 0 radical (unpaired) electrons. The average molecular weight is 283 g/mol. The first kappa shape index (κ1) is 15.8. The van der Waals surface area contributed by atoms with Crippen molar-refractivity contribution in [1.29, 1.82) is 0 Å². The molecular weight excluding hydrogens is 256 g/mol. The summed E-state index contributed by atoms with van der Waals surface area (Å²) in [6.45, 7) is 11.4. The Balaban J connectivity index is 3.07. The highest BCUT2D eigenvalue weighted by Gasteiger charge is 2.24. The topological polar surface area (TPSA) is 0 Å². The molecule has 0 bridgehead atoms. The molecule has 1 aromatic carbocycles. The normalized spacial score (nSPS) is 14.6. The summed E-state index contributed by atoms with van der Waals surface area (Å²) in [5, 5.41) is 0. The first-order valence-corrected chi connectivity index (χ1v) is 9.59. The summed E-state index contributed by atoms with van der Waals surface area (Å²) in [7, 11) is 1.96. The van der Waals surface area contributed by atoms with Crippen molar-refractivity contribution in [3.05, 3.63) is 35.4 Å². The van der Waals surface area contributed by atoms with E-state index in [9.17, 15) is 0 Å². The largest absolute Gasteiger partial charge is 0.126 e. The number of benzene rings is 1. The summed E-state index contributed by atoms with van der Waals surface area (Å²) in [4.78, 5) is 0. The third-order valence-electron chi connectivity index (χ3n) is 4.02. The van der Waals surface area contributed by atoms with Gasteiger partial charge in [-0.2, -0.15) is 0 Å². The SMILES string of the molecule is C=S(SC)C(C)(C)c1ccc(C(C)(C)CC)cc1. The van der Waals surface area contributed by atoms with Gasteiger partial charge in [0.05, 0.1) is 0 Å². The molecule has 0 saturated heterocycles. The monoisotopic (exact) mass is 282 g/mol.